The first-order valence-corrected chi connectivity index (χ1v) is 20.7. The molecule has 7 atom stereocenters. The van der Waals surface area contributed by atoms with Crippen LogP contribution in [0.15, 0.2) is 30.3 Å². The lowest BCUT2D eigenvalue weighted by Gasteiger charge is -2.40. The largest absolute Gasteiger partial charge is 0.379 e. The number of likely N-dealkylation sites (tertiary alicyclic amines) is 1. The van der Waals surface area contributed by atoms with Gasteiger partial charge in [-0.1, -0.05) is 78.3 Å². The second-order valence-electron chi connectivity index (χ2n) is 16.0. The molecule has 1 aromatic rings. The van der Waals surface area contributed by atoms with E-state index in [9.17, 15) is 19.2 Å². The number of benzene rings is 1. The van der Waals surface area contributed by atoms with Gasteiger partial charge >= 0.3 is 0 Å². The zero-order valence-corrected chi connectivity index (χ0v) is 35.7. The molecule has 0 aromatic heterocycles. The highest BCUT2D eigenvalue weighted by atomic mass is 32.2. The van der Waals surface area contributed by atoms with Crippen molar-refractivity contribution in [2.75, 3.05) is 61.2 Å². The lowest BCUT2D eigenvalue weighted by molar-refractivity contribution is -0.146. The van der Waals surface area contributed by atoms with Gasteiger partial charge in [-0.15, -0.1) is 11.8 Å². The first-order valence-electron chi connectivity index (χ1n) is 19.7. The van der Waals surface area contributed by atoms with Crippen LogP contribution in [0.1, 0.15) is 85.6 Å². The molecule has 11 nitrogen and oxygen atoms in total. The van der Waals surface area contributed by atoms with Crippen LogP contribution in [0.4, 0.5) is 0 Å². The molecule has 2 N–H and O–H groups in total. The molecule has 1 saturated heterocycles. The third kappa shape index (κ3) is 14.8. The quantitative estimate of drug-likeness (QED) is 0.154. The van der Waals surface area contributed by atoms with E-state index in [-0.39, 0.29) is 71.3 Å². The third-order valence-corrected chi connectivity index (χ3v) is 11.7. The van der Waals surface area contributed by atoms with Crippen LogP contribution < -0.4 is 10.6 Å². The average Bonchev–Trinajstić information content (AvgIpc) is 3.57. The van der Waals surface area contributed by atoms with Crippen molar-refractivity contribution in [3.8, 4) is 0 Å². The van der Waals surface area contributed by atoms with Crippen molar-refractivity contribution in [1.29, 1.82) is 0 Å². The van der Waals surface area contributed by atoms with Crippen molar-refractivity contribution >= 4 is 35.4 Å². The van der Waals surface area contributed by atoms with Crippen LogP contribution in [-0.4, -0.2) is 140 Å². The Hall–Kier alpha value is -2.67. The molecule has 0 spiro atoms. The summed E-state index contributed by atoms with van der Waals surface area (Å²) in [5.41, 5.74) is 1.19. The van der Waals surface area contributed by atoms with Crippen LogP contribution in [-0.2, 0) is 30.3 Å². The Bertz CT molecular complexity index is 1260. The van der Waals surface area contributed by atoms with E-state index in [4.69, 9.17) is 4.74 Å². The lowest BCUT2D eigenvalue weighted by Crippen LogP contribution is -2.59. The molecule has 12 heteroatoms. The van der Waals surface area contributed by atoms with E-state index in [2.05, 4.69) is 55.6 Å². The fourth-order valence-electron chi connectivity index (χ4n) is 7.49. The molecule has 2 rings (SSSR count). The summed E-state index contributed by atoms with van der Waals surface area (Å²) in [6.45, 7) is 13.6. The smallest absolute Gasteiger partial charge is 0.245 e. The summed E-state index contributed by atoms with van der Waals surface area (Å²) in [6, 6.07) is 8.74. The molecular formula is C41H72N6O5S. The minimum Gasteiger partial charge on any atom is -0.379 e. The molecule has 0 saturated carbocycles. The summed E-state index contributed by atoms with van der Waals surface area (Å²) in [4.78, 5) is 62.5. The number of hydrogen-bond acceptors (Lipinski definition) is 8. The van der Waals surface area contributed by atoms with Gasteiger partial charge in [0.15, 0.2) is 0 Å². The molecule has 1 aromatic carbocycles. The minimum atomic E-state index is -0.721. The van der Waals surface area contributed by atoms with E-state index in [1.807, 2.05) is 69.8 Å². The van der Waals surface area contributed by atoms with Gasteiger partial charge in [0.2, 0.25) is 23.6 Å². The normalized spacial score (nSPS) is 18.2. The van der Waals surface area contributed by atoms with E-state index in [0.717, 1.165) is 38.0 Å². The van der Waals surface area contributed by atoms with Crippen molar-refractivity contribution < 1.29 is 23.9 Å². The number of nitrogens with zero attached hydrogens (tertiary/aromatic N) is 4. The number of carbonyl (C=O) groups is 4. The summed E-state index contributed by atoms with van der Waals surface area (Å²) in [7, 11) is 11.2. The Morgan fingerprint density at radius 2 is 1.62 bits per heavy atom. The number of nitrogens with one attached hydrogen (secondary N) is 2. The number of carbonyl (C=O) groups excluding carboxylic acids is 4. The number of amides is 4. The van der Waals surface area contributed by atoms with Crippen LogP contribution in [0.25, 0.3) is 0 Å². The van der Waals surface area contributed by atoms with Gasteiger partial charge in [0.25, 0.3) is 0 Å². The molecule has 1 fully saturated rings. The molecule has 4 amide bonds. The van der Waals surface area contributed by atoms with Crippen molar-refractivity contribution in [3.63, 3.8) is 0 Å². The summed E-state index contributed by atoms with van der Waals surface area (Å²) >= 11 is 1.76. The number of thioether (sulfide) groups is 1. The molecule has 1 aliphatic heterocycles. The van der Waals surface area contributed by atoms with Gasteiger partial charge in [0.1, 0.15) is 6.04 Å². The van der Waals surface area contributed by atoms with E-state index in [0.29, 0.717) is 19.4 Å². The van der Waals surface area contributed by atoms with E-state index in [1.165, 1.54) is 5.56 Å². The zero-order chi connectivity index (χ0) is 39.8. The maximum absolute atomic E-state index is 14.2. The molecule has 0 bridgehead atoms. The Kier molecular flexibility index (Phi) is 20.4. The fraction of sp³-hybridized carbons (Fsp3) is 0.756. The lowest BCUT2D eigenvalue weighted by atomic mass is 9.89. The Labute approximate surface area is 325 Å². The Morgan fingerprint density at radius 1 is 0.962 bits per heavy atom. The summed E-state index contributed by atoms with van der Waals surface area (Å²) in [6.07, 6.45) is 3.82. The van der Waals surface area contributed by atoms with Gasteiger partial charge in [0.05, 0.1) is 30.0 Å². The maximum atomic E-state index is 14.2. The van der Waals surface area contributed by atoms with Gasteiger partial charge in [-0.3, -0.25) is 24.1 Å². The molecule has 1 heterocycles. The number of ether oxygens (including phenoxy) is 1. The third-order valence-electron chi connectivity index (χ3n) is 10.6. The molecule has 0 aliphatic carbocycles. The summed E-state index contributed by atoms with van der Waals surface area (Å²) in [5.74, 6) is 0.499. The van der Waals surface area contributed by atoms with Gasteiger partial charge in [-0.05, 0) is 70.8 Å². The van der Waals surface area contributed by atoms with Gasteiger partial charge in [0, 0.05) is 51.9 Å². The molecule has 302 valence electrons. The van der Waals surface area contributed by atoms with Crippen molar-refractivity contribution in [2.24, 2.45) is 17.8 Å². The first-order chi connectivity index (χ1) is 25.0. The average molecular weight is 761 g/mol. The molecule has 7 unspecified atom stereocenters. The van der Waals surface area contributed by atoms with Crippen LogP contribution in [0.5, 0.6) is 0 Å². The second-order valence-corrected chi connectivity index (χ2v) is 17.3. The van der Waals surface area contributed by atoms with Crippen molar-refractivity contribution in [2.45, 2.75) is 122 Å². The second kappa shape index (κ2) is 23.3. The predicted octanol–water partition coefficient (Wildman–Crippen LogP) is 4.74. The standard InChI is InChI=1S/C41H72N6O5S/c1-13-30(6)39(46(11)41(51)37(28(2)3)43-40(50)38(29(4)5)45(9)10)33(52-12)27-36(49)47-23-17-20-32(47)21-22-34(48)42-35(53-25-24-44(7)8)26-31-18-15-14-16-19-31/h14-16,18-19,28-30,32-33,35,37-39H,13,17,20-27H2,1-12H3,(H,42,48)(H,43,50). The van der Waals surface area contributed by atoms with E-state index >= 15 is 0 Å². The highest BCUT2D eigenvalue weighted by molar-refractivity contribution is 7.99. The van der Waals surface area contributed by atoms with Crippen LogP contribution in [0.2, 0.25) is 0 Å². The van der Waals surface area contributed by atoms with Gasteiger partial charge < -0.3 is 30.1 Å². The predicted molar refractivity (Wildman–Crippen MR) is 218 cm³/mol. The number of likely N-dealkylation sites (N-methyl/N-ethyl adjacent to an activating group) is 2. The van der Waals surface area contributed by atoms with Crippen LogP contribution in [0, 0.1) is 17.8 Å². The fourth-order valence-corrected chi connectivity index (χ4v) is 8.78. The Morgan fingerprint density at radius 3 is 2.17 bits per heavy atom. The molecular weight excluding hydrogens is 689 g/mol. The van der Waals surface area contributed by atoms with Gasteiger partial charge in [-0.25, -0.2) is 0 Å². The molecule has 0 radical (unpaired) electrons. The minimum absolute atomic E-state index is 0.00594. The number of methoxy groups -OCH3 is 1. The SMILES string of the molecule is CCC(C)C(C(CC(=O)N1CCCC1CCC(=O)NC(Cc1ccccc1)SCCN(C)C)OC)N(C)C(=O)C(NC(=O)C(C(C)C)N(C)C)C(C)C. The van der Waals surface area contributed by atoms with E-state index in [1.54, 1.807) is 30.8 Å². The van der Waals surface area contributed by atoms with E-state index < -0.39 is 12.1 Å². The van der Waals surface area contributed by atoms with Crippen molar-refractivity contribution in [1.82, 2.24) is 30.2 Å². The van der Waals surface area contributed by atoms with Crippen LogP contribution in [0.3, 0.4) is 0 Å². The monoisotopic (exact) mass is 761 g/mol. The number of rotatable bonds is 23. The summed E-state index contributed by atoms with van der Waals surface area (Å²) < 4.78 is 6.03. The zero-order valence-electron chi connectivity index (χ0n) is 34.9. The van der Waals surface area contributed by atoms with Gasteiger partial charge in [-0.2, -0.15) is 0 Å². The molecule has 1 aliphatic rings. The first kappa shape index (κ1) is 46.5. The highest BCUT2D eigenvalue weighted by Crippen LogP contribution is 2.27. The highest BCUT2D eigenvalue weighted by Gasteiger charge is 2.40. The van der Waals surface area contributed by atoms with Crippen LogP contribution >= 0.6 is 11.8 Å². The molecule has 53 heavy (non-hydrogen) atoms. The number of hydrogen-bond donors (Lipinski definition) is 2. The summed E-state index contributed by atoms with van der Waals surface area (Å²) in [5, 5.41) is 6.30. The topological polar surface area (TPSA) is 115 Å². The maximum Gasteiger partial charge on any atom is 0.245 e. The van der Waals surface area contributed by atoms with Crippen molar-refractivity contribution in [3.05, 3.63) is 35.9 Å². The Balaban J connectivity index is 2.13.